The summed E-state index contributed by atoms with van der Waals surface area (Å²) in [5.41, 5.74) is 0.936. The number of aromatic nitrogens is 2. The maximum atomic E-state index is 12.9. The highest BCUT2D eigenvalue weighted by Crippen LogP contribution is 2.23. The number of hydrogen-bond donors (Lipinski definition) is 2. The maximum Gasteiger partial charge on any atom is 0.269 e. The monoisotopic (exact) mass is 308 g/mol. The molecule has 0 unspecified atom stereocenters. The molecule has 0 radical (unpaired) electrons. The Labute approximate surface area is 126 Å². The number of pyridine rings is 2. The molecule has 0 aromatic carbocycles. The third kappa shape index (κ3) is 2.86. The Bertz CT molecular complexity index is 738. The van der Waals surface area contributed by atoms with Gasteiger partial charge in [0.15, 0.2) is 0 Å². The molecule has 0 bridgehead atoms. The molecule has 5 nitrogen and oxygen atoms in total. The van der Waals surface area contributed by atoms with Gasteiger partial charge in [0.25, 0.3) is 12.0 Å². The van der Waals surface area contributed by atoms with E-state index in [1.807, 2.05) is 6.07 Å². The Balaban J connectivity index is 1.96. The van der Waals surface area contributed by atoms with Crippen LogP contribution >= 0.6 is 0 Å². The number of nitrogens with one attached hydrogen (secondary N) is 2. The summed E-state index contributed by atoms with van der Waals surface area (Å²) in [5.74, 6) is 0. The van der Waals surface area contributed by atoms with Gasteiger partial charge in [0.1, 0.15) is 0 Å². The lowest BCUT2D eigenvalue weighted by molar-refractivity contribution is 0.149. The molecule has 1 saturated heterocycles. The number of aryl methyl sites for hydroxylation is 1. The fourth-order valence-electron chi connectivity index (χ4n) is 2.87. The van der Waals surface area contributed by atoms with Crippen LogP contribution in [-0.2, 0) is 6.54 Å². The summed E-state index contributed by atoms with van der Waals surface area (Å²) in [6.45, 7) is 6.07. The Kier molecular flexibility index (Phi) is 4.17. The van der Waals surface area contributed by atoms with Gasteiger partial charge in [-0.15, -0.1) is 0 Å². The van der Waals surface area contributed by atoms with Gasteiger partial charge < -0.3 is 10.3 Å². The van der Waals surface area contributed by atoms with Crippen LogP contribution in [0.4, 0.5) is 8.78 Å². The predicted molar refractivity (Wildman–Crippen MR) is 80.2 cm³/mol. The zero-order valence-corrected chi connectivity index (χ0v) is 12.3. The van der Waals surface area contributed by atoms with E-state index < -0.39 is 17.5 Å². The van der Waals surface area contributed by atoms with Crippen molar-refractivity contribution in [3.8, 4) is 0 Å². The molecule has 0 aliphatic carbocycles. The van der Waals surface area contributed by atoms with Crippen molar-refractivity contribution in [1.82, 2.24) is 20.2 Å². The lowest BCUT2D eigenvalue weighted by Crippen LogP contribution is -2.42. The van der Waals surface area contributed by atoms with Gasteiger partial charge in [-0.3, -0.25) is 14.7 Å². The van der Waals surface area contributed by atoms with E-state index >= 15 is 0 Å². The van der Waals surface area contributed by atoms with E-state index in [4.69, 9.17) is 0 Å². The summed E-state index contributed by atoms with van der Waals surface area (Å²) < 4.78 is 25.9. The number of fused-ring (bicyclic) bond motifs is 1. The molecule has 3 rings (SSSR count). The van der Waals surface area contributed by atoms with Crippen LogP contribution < -0.4 is 10.9 Å². The maximum absolute atomic E-state index is 12.9. The van der Waals surface area contributed by atoms with Crippen molar-refractivity contribution >= 4 is 11.0 Å². The van der Waals surface area contributed by atoms with Gasteiger partial charge >= 0.3 is 0 Å². The lowest BCUT2D eigenvalue weighted by atomic mass is 10.1. The number of piperazine rings is 1. The molecule has 1 aliphatic rings. The molecule has 0 atom stereocenters. The van der Waals surface area contributed by atoms with Crippen molar-refractivity contribution in [2.45, 2.75) is 19.9 Å². The Morgan fingerprint density at radius 3 is 2.77 bits per heavy atom. The molecule has 0 amide bonds. The van der Waals surface area contributed by atoms with E-state index in [1.54, 1.807) is 6.20 Å². The highest BCUT2D eigenvalue weighted by molar-refractivity contribution is 5.78. The smallest absolute Gasteiger partial charge is 0.269 e. The highest BCUT2D eigenvalue weighted by atomic mass is 19.3. The average Bonchev–Trinajstić information content (AvgIpc) is 2.47. The molecule has 2 aromatic rings. The van der Waals surface area contributed by atoms with Crippen molar-refractivity contribution in [2.75, 3.05) is 26.2 Å². The molecule has 0 spiro atoms. The quantitative estimate of drug-likeness (QED) is 0.904. The molecule has 0 saturated carbocycles. The van der Waals surface area contributed by atoms with Crippen LogP contribution in [0, 0.1) is 6.92 Å². The number of nitrogens with zero attached hydrogens (tertiary/aromatic N) is 2. The fourth-order valence-corrected chi connectivity index (χ4v) is 2.87. The Hall–Kier alpha value is -1.86. The topological polar surface area (TPSA) is 61.0 Å². The van der Waals surface area contributed by atoms with Crippen molar-refractivity contribution in [2.24, 2.45) is 0 Å². The third-order valence-corrected chi connectivity index (χ3v) is 4.03. The summed E-state index contributed by atoms with van der Waals surface area (Å²) >= 11 is 0. The minimum atomic E-state index is -2.80. The minimum Gasteiger partial charge on any atom is -0.320 e. The van der Waals surface area contributed by atoms with E-state index in [0.717, 1.165) is 38.3 Å². The van der Waals surface area contributed by atoms with Crippen LogP contribution in [-0.4, -0.2) is 41.0 Å². The normalized spacial score (nSPS) is 16.5. The molecular formula is C15H18F2N4O. The van der Waals surface area contributed by atoms with Gasteiger partial charge in [-0.05, 0) is 24.1 Å². The first-order valence-corrected chi connectivity index (χ1v) is 7.29. The van der Waals surface area contributed by atoms with Crippen LogP contribution in [0.2, 0.25) is 0 Å². The number of alkyl halides is 2. The molecule has 1 fully saturated rings. The van der Waals surface area contributed by atoms with Crippen LogP contribution in [0.3, 0.4) is 0 Å². The summed E-state index contributed by atoms with van der Waals surface area (Å²) in [6, 6.07) is 1.83. The first kappa shape index (κ1) is 15.1. The van der Waals surface area contributed by atoms with Gasteiger partial charge in [0.2, 0.25) is 0 Å². The van der Waals surface area contributed by atoms with Gasteiger partial charge in [-0.1, -0.05) is 0 Å². The van der Waals surface area contributed by atoms with Crippen molar-refractivity contribution in [3.05, 3.63) is 39.3 Å². The average molecular weight is 308 g/mol. The second-order valence-electron chi connectivity index (χ2n) is 5.56. The molecule has 2 aromatic heterocycles. The zero-order valence-electron chi connectivity index (χ0n) is 12.3. The highest BCUT2D eigenvalue weighted by Gasteiger charge is 2.19. The summed E-state index contributed by atoms with van der Waals surface area (Å²) in [7, 11) is 0. The number of H-pyrrole nitrogens is 1. The van der Waals surface area contributed by atoms with E-state index in [0.29, 0.717) is 11.0 Å². The largest absolute Gasteiger partial charge is 0.320 e. The van der Waals surface area contributed by atoms with Crippen LogP contribution in [0.5, 0.6) is 0 Å². The van der Waals surface area contributed by atoms with Crippen molar-refractivity contribution in [3.63, 3.8) is 0 Å². The molecule has 118 valence electrons. The Morgan fingerprint density at radius 2 is 2.09 bits per heavy atom. The second kappa shape index (κ2) is 6.10. The lowest BCUT2D eigenvalue weighted by Gasteiger charge is -2.27. The molecule has 22 heavy (non-hydrogen) atoms. The molecule has 7 heteroatoms. The first-order valence-electron chi connectivity index (χ1n) is 7.29. The summed E-state index contributed by atoms with van der Waals surface area (Å²) in [5, 5.41) is 3.29. The zero-order chi connectivity index (χ0) is 15.7. The van der Waals surface area contributed by atoms with Gasteiger partial charge in [-0.25, -0.2) is 8.78 Å². The molecule has 3 heterocycles. The second-order valence-corrected chi connectivity index (χ2v) is 5.56. The number of halogens is 2. The minimum absolute atomic E-state index is 0.252. The van der Waals surface area contributed by atoms with Crippen LogP contribution in [0.1, 0.15) is 23.1 Å². The summed E-state index contributed by atoms with van der Waals surface area (Å²) in [6.07, 6.45) is -1.10. The standard InChI is InChI=1S/C15H18F2N4O/c1-9-12(14(16)17)15(22)20-11-6-10(7-19-13(9)11)8-21-4-2-18-3-5-21/h6-7,14,18H,2-5,8H2,1H3,(H,20,22). The van der Waals surface area contributed by atoms with Crippen LogP contribution in [0.25, 0.3) is 11.0 Å². The summed E-state index contributed by atoms with van der Waals surface area (Å²) in [4.78, 5) is 20.9. The van der Waals surface area contributed by atoms with Crippen molar-refractivity contribution < 1.29 is 8.78 Å². The van der Waals surface area contributed by atoms with E-state index in [2.05, 4.69) is 20.2 Å². The van der Waals surface area contributed by atoms with Gasteiger partial charge in [0, 0.05) is 38.9 Å². The van der Waals surface area contributed by atoms with Gasteiger partial charge in [0.05, 0.1) is 16.6 Å². The SMILES string of the molecule is Cc1c(C(F)F)c(=O)[nH]c2cc(CN3CCNCC3)cnc12. The number of rotatable bonds is 3. The first-order chi connectivity index (χ1) is 10.6. The third-order valence-electron chi connectivity index (χ3n) is 4.03. The Morgan fingerprint density at radius 1 is 1.36 bits per heavy atom. The predicted octanol–water partition coefficient (Wildman–Crippen LogP) is 1.57. The van der Waals surface area contributed by atoms with E-state index in [-0.39, 0.29) is 5.56 Å². The fraction of sp³-hybridized carbons (Fsp3) is 0.467. The van der Waals surface area contributed by atoms with Gasteiger partial charge in [-0.2, -0.15) is 0 Å². The van der Waals surface area contributed by atoms with Crippen molar-refractivity contribution in [1.29, 1.82) is 0 Å². The molecule has 2 N–H and O–H groups in total. The molecule has 1 aliphatic heterocycles. The molecular weight excluding hydrogens is 290 g/mol. The van der Waals surface area contributed by atoms with Crippen LogP contribution in [0.15, 0.2) is 17.1 Å². The number of hydrogen-bond acceptors (Lipinski definition) is 4. The van der Waals surface area contributed by atoms with E-state index in [1.165, 1.54) is 6.92 Å². The van der Waals surface area contributed by atoms with E-state index in [9.17, 15) is 13.6 Å². The number of aromatic amines is 1.